The number of rotatable bonds is 2. The van der Waals surface area contributed by atoms with Gasteiger partial charge in [0.25, 0.3) is 0 Å². The Morgan fingerprint density at radius 1 is 1.35 bits per heavy atom. The number of halogens is 3. The molecule has 0 spiro atoms. The van der Waals surface area contributed by atoms with E-state index in [1.807, 2.05) is 0 Å². The molecule has 0 saturated carbocycles. The summed E-state index contributed by atoms with van der Waals surface area (Å²) in [5.74, 6) is -0.853. The molecule has 1 heterocycles. The summed E-state index contributed by atoms with van der Waals surface area (Å²) in [5, 5.41) is 25.4. The summed E-state index contributed by atoms with van der Waals surface area (Å²) < 4.78 is 37.7. The zero-order valence-corrected chi connectivity index (χ0v) is 7.97. The highest BCUT2D eigenvalue weighted by Crippen LogP contribution is 2.53. The van der Waals surface area contributed by atoms with Crippen molar-refractivity contribution in [2.24, 2.45) is 10.2 Å². The lowest BCUT2D eigenvalue weighted by Crippen LogP contribution is -2.30. The molecule has 2 rings (SSSR count). The summed E-state index contributed by atoms with van der Waals surface area (Å²) in [6.45, 7) is 0. The molecule has 1 aliphatic heterocycles. The minimum atomic E-state index is -4.73. The number of hydrogen-bond acceptors (Lipinski definition) is 5. The number of nitrogens with zero attached hydrogens (tertiary/aromatic N) is 3. The molecule has 1 aliphatic rings. The van der Waals surface area contributed by atoms with E-state index in [1.165, 1.54) is 0 Å². The molecule has 0 atom stereocenters. The van der Waals surface area contributed by atoms with Crippen LogP contribution in [-0.2, 0) is 5.66 Å². The molecular formula is C8H4F3N3O3. The Balaban J connectivity index is 2.43. The predicted octanol–water partition coefficient (Wildman–Crippen LogP) is 2.48. The zero-order valence-electron chi connectivity index (χ0n) is 7.97. The number of hydrogen-bond donors (Lipinski definition) is 1. The van der Waals surface area contributed by atoms with Crippen LogP contribution in [0.5, 0.6) is 5.75 Å². The van der Waals surface area contributed by atoms with Crippen LogP contribution in [0.2, 0.25) is 0 Å². The van der Waals surface area contributed by atoms with Gasteiger partial charge in [0, 0.05) is 11.6 Å². The van der Waals surface area contributed by atoms with Gasteiger partial charge < -0.3 is 5.11 Å². The largest absolute Gasteiger partial charge is 0.502 e. The summed E-state index contributed by atoms with van der Waals surface area (Å²) in [4.78, 5) is 9.47. The van der Waals surface area contributed by atoms with Crippen molar-refractivity contribution in [2.75, 3.05) is 0 Å². The molecule has 0 saturated heterocycles. The standard InChI is InChI=1S/C8H4F3N3O3/c9-8(10,11)7(12-13-7)4-1-2-5(14(16)17)6(15)3-4/h1-3,15H. The predicted molar refractivity (Wildman–Crippen MR) is 47.4 cm³/mol. The molecule has 0 fully saturated rings. The summed E-state index contributed by atoms with van der Waals surface area (Å²) in [6, 6.07) is 2.29. The minimum absolute atomic E-state index is 0.451. The quantitative estimate of drug-likeness (QED) is 0.643. The number of benzene rings is 1. The third kappa shape index (κ3) is 1.59. The minimum Gasteiger partial charge on any atom is -0.502 e. The van der Waals surface area contributed by atoms with Gasteiger partial charge in [0.1, 0.15) is 0 Å². The van der Waals surface area contributed by atoms with Crippen LogP contribution in [0, 0.1) is 10.1 Å². The molecule has 1 aromatic carbocycles. The van der Waals surface area contributed by atoms with Crippen LogP contribution in [0.25, 0.3) is 0 Å². The number of nitro benzene ring substituents is 1. The maximum Gasteiger partial charge on any atom is 0.442 e. The van der Waals surface area contributed by atoms with Gasteiger partial charge in [-0.3, -0.25) is 10.1 Å². The fourth-order valence-corrected chi connectivity index (χ4v) is 1.34. The molecule has 0 aliphatic carbocycles. The lowest BCUT2D eigenvalue weighted by atomic mass is 10.0. The summed E-state index contributed by atoms with van der Waals surface area (Å²) in [7, 11) is 0. The van der Waals surface area contributed by atoms with E-state index in [4.69, 9.17) is 0 Å². The Bertz CT molecular complexity index is 520. The molecule has 0 amide bonds. The van der Waals surface area contributed by atoms with Crippen molar-refractivity contribution >= 4 is 5.69 Å². The molecule has 0 bridgehead atoms. The SMILES string of the molecule is O=[N+]([O-])c1ccc(C2(C(F)(F)F)N=N2)cc1O. The van der Waals surface area contributed by atoms with Crippen molar-refractivity contribution in [3.8, 4) is 5.75 Å². The second kappa shape index (κ2) is 3.15. The lowest BCUT2D eigenvalue weighted by molar-refractivity contribution is -0.385. The van der Waals surface area contributed by atoms with Crippen LogP contribution in [0.3, 0.4) is 0 Å². The van der Waals surface area contributed by atoms with Gasteiger partial charge in [-0.15, -0.1) is 10.2 Å². The first-order chi connectivity index (χ1) is 7.78. The van der Waals surface area contributed by atoms with Crippen molar-refractivity contribution < 1.29 is 23.2 Å². The topological polar surface area (TPSA) is 88.1 Å². The molecule has 9 heteroatoms. The van der Waals surface area contributed by atoms with E-state index in [0.29, 0.717) is 6.07 Å². The van der Waals surface area contributed by atoms with Gasteiger partial charge in [-0.2, -0.15) is 13.2 Å². The summed E-state index contributed by atoms with van der Waals surface area (Å²) >= 11 is 0. The molecule has 6 nitrogen and oxygen atoms in total. The van der Waals surface area contributed by atoms with Crippen LogP contribution >= 0.6 is 0 Å². The van der Waals surface area contributed by atoms with Gasteiger partial charge in [-0.25, -0.2) is 0 Å². The fourth-order valence-electron chi connectivity index (χ4n) is 1.34. The second-order valence-corrected chi connectivity index (χ2v) is 3.33. The van der Waals surface area contributed by atoms with Gasteiger partial charge >= 0.3 is 17.5 Å². The Kier molecular flexibility index (Phi) is 2.10. The highest BCUT2D eigenvalue weighted by Gasteiger charge is 2.65. The van der Waals surface area contributed by atoms with E-state index in [-0.39, 0.29) is 0 Å². The molecule has 1 aromatic rings. The smallest absolute Gasteiger partial charge is 0.442 e. The highest BCUT2D eigenvalue weighted by molar-refractivity contribution is 5.49. The molecule has 0 unspecified atom stereocenters. The van der Waals surface area contributed by atoms with Crippen molar-refractivity contribution in [1.29, 1.82) is 0 Å². The first-order valence-electron chi connectivity index (χ1n) is 4.26. The van der Waals surface area contributed by atoms with Crippen LogP contribution in [0.4, 0.5) is 18.9 Å². The number of alkyl halides is 3. The Hall–Kier alpha value is -2.19. The Morgan fingerprint density at radius 3 is 2.29 bits per heavy atom. The highest BCUT2D eigenvalue weighted by atomic mass is 19.4. The van der Waals surface area contributed by atoms with E-state index in [0.717, 1.165) is 12.1 Å². The maximum absolute atomic E-state index is 12.6. The van der Waals surface area contributed by atoms with Crippen molar-refractivity contribution in [3.63, 3.8) is 0 Å². The van der Waals surface area contributed by atoms with Gasteiger partial charge in [0.15, 0.2) is 5.75 Å². The van der Waals surface area contributed by atoms with E-state index >= 15 is 0 Å². The maximum atomic E-state index is 12.6. The number of aromatic hydroxyl groups is 1. The molecule has 0 radical (unpaired) electrons. The average Bonchev–Trinajstić information content (AvgIpc) is 2.95. The van der Waals surface area contributed by atoms with E-state index in [9.17, 15) is 28.4 Å². The molecular weight excluding hydrogens is 243 g/mol. The molecule has 1 N–H and O–H groups in total. The normalized spacial score (nSPS) is 16.9. The van der Waals surface area contributed by atoms with Crippen LogP contribution in [0.15, 0.2) is 28.4 Å². The third-order valence-electron chi connectivity index (χ3n) is 2.27. The summed E-state index contributed by atoms with van der Waals surface area (Å²) in [5.41, 5.74) is -3.81. The van der Waals surface area contributed by atoms with Gasteiger partial charge in [0.05, 0.1) is 4.92 Å². The van der Waals surface area contributed by atoms with Crippen molar-refractivity contribution in [2.45, 2.75) is 11.8 Å². The van der Waals surface area contributed by atoms with Crippen molar-refractivity contribution in [3.05, 3.63) is 33.9 Å². The number of phenols is 1. The van der Waals surface area contributed by atoms with Gasteiger partial charge in [-0.05, 0) is 12.1 Å². The van der Waals surface area contributed by atoms with Crippen LogP contribution in [-0.4, -0.2) is 16.2 Å². The monoisotopic (exact) mass is 247 g/mol. The Labute approximate surface area is 91.5 Å². The van der Waals surface area contributed by atoms with Crippen LogP contribution < -0.4 is 0 Å². The zero-order chi connectivity index (χ0) is 12.8. The second-order valence-electron chi connectivity index (χ2n) is 3.33. The summed E-state index contributed by atoms with van der Waals surface area (Å²) in [6.07, 6.45) is -4.73. The van der Waals surface area contributed by atoms with E-state index in [1.54, 1.807) is 0 Å². The number of nitro groups is 1. The molecule has 90 valence electrons. The first kappa shape index (κ1) is 11.3. The third-order valence-corrected chi connectivity index (χ3v) is 2.27. The molecule has 0 aromatic heterocycles. The first-order valence-corrected chi connectivity index (χ1v) is 4.26. The van der Waals surface area contributed by atoms with Crippen LogP contribution in [0.1, 0.15) is 5.56 Å². The lowest BCUT2D eigenvalue weighted by Gasteiger charge is -2.14. The number of phenolic OH excluding ortho intramolecular Hbond substituents is 1. The fraction of sp³-hybridized carbons (Fsp3) is 0.250. The Morgan fingerprint density at radius 2 is 1.94 bits per heavy atom. The van der Waals surface area contributed by atoms with Gasteiger partial charge in [-0.1, -0.05) is 0 Å². The van der Waals surface area contributed by atoms with E-state index < -0.39 is 33.8 Å². The van der Waals surface area contributed by atoms with Gasteiger partial charge in [0.2, 0.25) is 0 Å². The van der Waals surface area contributed by atoms with E-state index in [2.05, 4.69) is 10.2 Å². The van der Waals surface area contributed by atoms with Crippen molar-refractivity contribution in [1.82, 2.24) is 0 Å². The molecule has 17 heavy (non-hydrogen) atoms. The average molecular weight is 247 g/mol.